The van der Waals surface area contributed by atoms with Crippen LogP contribution in [-0.2, 0) is 0 Å². The number of nitrogens with zero attached hydrogens (tertiary/aromatic N) is 2. The number of anilines is 2. The van der Waals surface area contributed by atoms with Crippen LogP contribution in [0.2, 0.25) is 5.02 Å². The standard InChI is InChI=1S/C22H17ClN6O/c1-11-13(10-24)3-2-4-15(11)21-16(7-12-5-6-19(30)27-22(12)28-21)14-8-17(23)20(25)18(9-14)29-26/h2-9,29H,25-26H2,1H3,(H,27,28,30). The smallest absolute Gasteiger partial charge is 0.249 e. The Morgan fingerprint density at radius 3 is 2.70 bits per heavy atom. The Balaban J connectivity index is 2.11. The third-order valence-electron chi connectivity index (χ3n) is 5.01. The summed E-state index contributed by atoms with van der Waals surface area (Å²) in [6.45, 7) is 1.86. The third kappa shape index (κ3) is 3.24. The second kappa shape index (κ2) is 7.52. The molecule has 2 heterocycles. The summed E-state index contributed by atoms with van der Waals surface area (Å²) < 4.78 is 0. The monoisotopic (exact) mass is 416 g/mol. The van der Waals surface area contributed by atoms with Crippen LogP contribution in [0.3, 0.4) is 0 Å². The van der Waals surface area contributed by atoms with E-state index in [2.05, 4.69) is 16.5 Å². The first kappa shape index (κ1) is 19.5. The second-order valence-corrected chi connectivity index (χ2v) is 7.21. The maximum atomic E-state index is 11.8. The SMILES string of the molecule is Cc1c(C#N)cccc1-c1nc2[nH]c(=O)ccc2cc1-c1cc(Cl)c(N)c(NN)c1. The predicted molar refractivity (Wildman–Crippen MR) is 120 cm³/mol. The molecule has 0 atom stereocenters. The zero-order valence-corrected chi connectivity index (χ0v) is 16.7. The highest BCUT2D eigenvalue weighted by Crippen LogP contribution is 2.39. The molecule has 0 unspecified atom stereocenters. The Bertz CT molecular complexity index is 1400. The normalized spacial score (nSPS) is 10.7. The first-order valence-corrected chi connectivity index (χ1v) is 9.41. The molecule has 8 heteroatoms. The van der Waals surface area contributed by atoms with E-state index in [0.717, 1.165) is 27.6 Å². The zero-order valence-electron chi connectivity index (χ0n) is 16.0. The Hall–Kier alpha value is -3.86. The van der Waals surface area contributed by atoms with Gasteiger partial charge in [-0.2, -0.15) is 5.26 Å². The van der Waals surface area contributed by atoms with Crippen LogP contribution in [0.1, 0.15) is 11.1 Å². The number of rotatable bonds is 3. The summed E-state index contributed by atoms with van der Waals surface area (Å²) in [7, 11) is 0. The van der Waals surface area contributed by atoms with Crippen molar-refractivity contribution in [2.45, 2.75) is 6.92 Å². The van der Waals surface area contributed by atoms with Gasteiger partial charge in [0, 0.05) is 22.6 Å². The van der Waals surface area contributed by atoms with Crippen LogP contribution in [0, 0.1) is 18.3 Å². The number of pyridine rings is 2. The minimum Gasteiger partial charge on any atom is -0.396 e. The van der Waals surface area contributed by atoms with Crippen molar-refractivity contribution < 1.29 is 0 Å². The number of nitrogens with two attached hydrogens (primary N) is 2. The minimum absolute atomic E-state index is 0.249. The average molecular weight is 417 g/mol. The first-order chi connectivity index (χ1) is 14.4. The Morgan fingerprint density at radius 2 is 1.97 bits per heavy atom. The number of hydrazine groups is 1. The van der Waals surface area contributed by atoms with E-state index < -0.39 is 0 Å². The number of halogens is 1. The summed E-state index contributed by atoms with van der Waals surface area (Å²) in [5, 5.41) is 10.5. The van der Waals surface area contributed by atoms with Gasteiger partial charge in [0.05, 0.1) is 33.7 Å². The van der Waals surface area contributed by atoms with Crippen molar-refractivity contribution in [3.63, 3.8) is 0 Å². The summed E-state index contributed by atoms with van der Waals surface area (Å²) in [6.07, 6.45) is 0. The van der Waals surface area contributed by atoms with Crippen molar-refractivity contribution >= 4 is 34.0 Å². The molecule has 0 fully saturated rings. The number of hydrogen-bond acceptors (Lipinski definition) is 6. The number of nitrogens with one attached hydrogen (secondary N) is 2. The fraction of sp³-hybridized carbons (Fsp3) is 0.0455. The molecule has 4 aromatic rings. The lowest BCUT2D eigenvalue weighted by Gasteiger charge is -2.16. The molecule has 2 aromatic carbocycles. The summed E-state index contributed by atoms with van der Waals surface area (Å²) in [5.74, 6) is 5.60. The lowest BCUT2D eigenvalue weighted by molar-refractivity contribution is 1.23. The predicted octanol–water partition coefficient (Wildman–Crippen LogP) is 3.96. The molecular weight excluding hydrogens is 400 g/mol. The molecule has 0 aliphatic carbocycles. The summed E-state index contributed by atoms with van der Waals surface area (Å²) >= 11 is 6.33. The number of nitrogen functional groups attached to an aromatic ring is 2. The molecule has 0 saturated heterocycles. The van der Waals surface area contributed by atoms with E-state index in [-0.39, 0.29) is 5.56 Å². The largest absolute Gasteiger partial charge is 0.396 e. The fourth-order valence-corrected chi connectivity index (χ4v) is 3.63. The Kier molecular flexibility index (Phi) is 4.88. The minimum atomic E-state index is -0.249. The van der Waals surface area contributed by atoms with Crippen LogP contribution >= 0.6 is 11.6 Å². The first-order valence-electron chi connectivity index (χ1n) is 9.03. The molecular formula is C22H17ClN6O. The van der Waals surface area contributed by atoms with Gasteiger partial charge in [-0.25, -0.2) is 4.98 Å². The van der Waals surface area contributed by atoms with Crippen LogP contribution in [0.5, 0.6) is 0 Å². The van der Waals surface area contributed by atoms with E-state index in [1.807, 2.05) is 19.1 Å². The molecule has 0 aliphatic heterocycles. The van der Waals surface area contributed by atoms with Gasteiger partial charge in [-0.15, -0.1) is 0 Å². The van der Waals surface area contributed by atoms with Gasteiger partial charge in [0.15, 0.2) is 0 Å². The number of aromatic amines is 1. The molecule has 30 heavy (non-hydrogen) atoms. The molecule has 0 amide bonds. The molecule has 0 radical (unpaired) electrons. The lowest BCUT2D eigenvalue weighted by Crippen LogP contribution is -2.09. The van der Waals surface area contributed by atoms with E-state index in [1.165, 1.54) is 6.07 Å². The number of nitriles is 1. The molecule has 7 nitrogen and oxygen atoms in total. The third-order valence-corrected chi connectivity index (χ3v) is 5.33. The molecule has 0 spiro atoms. The van der Waals surface area contributed by atoms with E-state index in [9.17, 15) is 10.1 Å². The average Bonchev–Trinajstić information content (AvgIpc) is 2.75. The van der Waals surface area contributed by atoms with Gasteiger partial charge >= 0.3 is 0 Å². The van der Waals surface area contributed by atoms with Crippen molar-refractivity contribution in [1.29, 1.82) is 5.26 Å². The molecule has 2 aromatic heterocycles. The quantitative estimate of drug-likeness (QED) is 0.227. The Labute approximate surface area is 176 Å². The van der Waals surface area contributed by atoms with Gasteiger partial charge in [0.1, 0.15) is 5.65 Å². The number of aromatic nitrogens is 2. The van der Waals surface area contributed by atoms with Crippen molar-refractivity contribution in [2.75, 3.05) is 11.2 Å². The van der Waals surface area contributed by atoms with E-state index in [4.69, 9.17) is 28.2 Å². The van der Waals surface area contributed by atoms with Crippen LogP contribution in [0.25, 0.3) is 33.4 Å². The van der Waals surface area contributed by atoms with Gasteiger partial charge in [-0.05, 0) is 48.4 Å². The maximum absolute atomic E-state index is 11.8. The highest BCUT2D eigenvalue weighted by atomic mass is 35.5. The molecule has 0 saturated carbocycles. The molecule has 4 rings (SSSR count). The maximum Gasteiger partial charge on any atom is 0.249 e. The Morgan fingerprint density at radius 1 is 1.17 bits per heavy atom. The molecule has 148 valence electrons. The van der Waals surface area contributed by atoms with E-state index in [1.54, 1.807) is 30.3 Å². The zero-order chi connectivity index (χ0) is 21.4. The van der Waals surface area contributed by atoms with E-state index in [0.29, 0.717) is 33.3 Å². The fourth-order valence-electron chi connectivity index (χ4n) is 3.41. The van der Waals surface area contributed by atoms with Gasteiger partial charge in [0.25, 0.3) is 0 Å². The van der Waals surface area contributed by atoms with Crippen LogP contribution in [0.4, 0.5) is 11.4 Å². The van der Waals surface area contributed by atoms with Gasteiger partial charge in [0.2, 0.25) is 5.56 Å². The number of fused-ring (bicyclic) bond motifs is 1. The highest BCUT2D eigenvalue weighted by molar-refractivity contribution is 6.34. The number of H-pyrrole nitrogens is 1. The van der Waals surface area contributed by atoms with Crippen LogP contribution in [0.15, 0.2) is 53.3 Å². The summed E-state index contributed by atoms with van der Waals surface area (Å²) in [4.78, 5) is 19.3. The van der Waals surface area contributed by atoms with Crippen LogP contribution in [-0.4, -0.2) is 9.97 Å². The van der Waals surface area contributed by atoms with Gasteiger partial charge < -0.3 is 16.1 Å². The van der Waals surface area contributed by atoms with Crippen molar-refractivity contribution in [3.8, 4) is 28.5 Å². The molecule has 6 N–H and O–H groups in total. The van der Waals surface area contributed by atoms with Crippen molar-refractivity contribution in [2.24, 2.45) is 5.84 Å². The van der Waals surface area contributed by atoms with Crippen molar-refractivity contribution in [3.05, 3.63) is 75.0 Å². The summed E-state index contributed by atoms with van der Waals surface area (Å²) in [5.41, 5.74) is 13.8. The molecule has 0 bridgehead atoms. The van der Waals surface area contributed by atoms with Crippen LogP contribution < -0.4 is 22.6 Å². The molecule has 0 aliphatic rings. The highest BCUT2D eigenvalue weighted by Gasteiger charge is 2.17. The topological polar surface area (TPSA) is 134 Å². The summed E-state index contributed by atoms with van der Waals surface area (Å²) in [6, 6.07) is 16.2. The van der Waals surface area contributed by atoms with E-state index >= 15 is 0 Å². The number of benzene rings is 2. The van der Waals surface area contributed by atoms with Gasteiger partial charge in [-0.1, -0.05) is 23.7 Å². The number of hydrogen-bond donors (Lipinski definition) is 4. The van der Waals surface area contributed by atoms with Gasteiger partial charge in [-0.3, -0.25) is 10.6 Å². The van der Waals surface area contributed by atoms with Crippen molar-refractivity contribution in [1.82, 2.24) is 9.97 Å². The lowest BCUT2D eigenvalue weighted by atomic mass is 9.93. The second-order valence-electron chi connectivity index (χ2n) is 6.80.